The molecular weight excluding hydrogens is 179 g/mol. The number of carbonyl (C=O) groups is 1. The van der Waals surface area contributed by atoms with E-state index in [9.17, 15) is 9.18 Å². The van der Waals surface area contributed by atoms with Crippen molar-refractivity contribution in [2.45, 2.75) is 20.8 Å². The van der Waals surface area contributed by atoms with Gasteiger partial charge in [-0.15, -0.1) is 0 Å². The van der Waals surface area contributed by atoms with E-state index in [2.05, 4.69) is 0 Å². The van der Waals surface area contributed by atoms with Gasteiger partial charge in [-0.1, -0.05) is 13.8 Å². The summed E-state index contributed by atoms with van der Waals surface area (Å²) in [4.78, 5) is 10.8. The van der Waals surface area contributed by atoms with Gasteiger partial charge in [-0.3, -0.25) is 4.79 Å². The van der Waals surface area contributed by atoms with Crippen LogP contribution in [0.15, 0.2) is 11.9 Å². The second-order valence-electron chi connectivity index (χ2n) is 3.88. The molecule has 0 aliphatic heterocycles. The molecule has 0 bridgehead atoms. The maximum atomic E-state index is 12.5. The molecule has 1 saturated carbocycles. The van der Waals surface area contributed by atoms with Crippen LogP contribution in [0.5, 0.6) is 0 Å². The molecule has 1 aliphatic carbocycles. The molecule has 0 unspecified atom stereocenters. The van der Waals surface area contributed by atoms with Gasteiger partial charge in [-0.2, -0.15) is 0 Å². The van der Waals surface area contributed by atoms with Crippen molar-refractivity contribution in [2.24, 2.45) is 17.3 Å². The SMILES string of the molecule is C/C(F)=C/[C@@H]1[C@@H](C(=O)Cl)C1(C)C. The number of hydrogen-bond acceptors (Lipinski definition) is 1. The van der Waals surface area contributed by atoms with Crippen molar-refractivity contribution >= 4 is 16.8 Å². The molecule has 12 heavy (non-hydrogen) atoms. The van der Waals surface area contributed by atoms with Gasteiger partial charge in [-0.05, 0) is 35.9 Å². The first-order valence-corrected chi connectivity index (χ1v) is 4.28. The Bertz CT molecular complexity index is 241. The highest BCUT2D eigenvalue weighted by Crippen LogP contribution is 2.60. The first-order valence-electron chi connectivity index (χ1n) is 3.90. The molecule has 2 atom stereocenters. The van der Waals surface area contributed by atoms with Crippen molar-refractivity contribution in [1.82, 2.24) is 0 Å². The zero-order chi connectivity index (χ0) is 9.52. The van der Waals surface area contributed by atoms with Crippen LogP contribution in [0, 0.1) is 17.3 Å². The highest BCUT2D eigenvalue weighted by molar-refractivity contribution is 6.64. The smallest absolute Gasteiger partial charge is 0.225 e. The Morgan fingerprint density at radius 2 is 2.08 bits per heavy atom. The Hall–Kier alpha value is -0.370. The predicted octanol–water partition coefficient (Wildman–Crippen LogP) is 2.90. The average Bonchev–Trinajstić information content (AvgIpc) is 2.32. The fourth-order valence-electron chi connectivity index (χ4n) is 1.67. The second-order valence-corrected chi connectivity index (χ2v) is 4.25. The first kappa shape index (κ1) is 9.72. The van der Waals surface area contributed by atoms with Gasteiger partial charge in [0, 0.05) is 5.92 Å². The normalized spacial score (nSPS) is 33.2. The minimum atomic E-state index is -0.359. The first-order chi connectivity index (χ1) is 5.37. The summed E-state index contributed by atoms with van der Waals surface area (Å²) in [6.07, 6.45) is 1.48. The molecule has 0 amide bonds. The molecule has 1 fully saturated rings. The van der Waals surface area contributed by atoms with Gasteiger partial charge < -0.3 is 0 Å². The quantitative estimate of drug-likeness (QED) is 0.612. The summed E-state index contributed by atoms with van der Waals surface area (Å²) in [6, 6.07) is 0. The Morgan fingerprint density at radius 1 is 1.58 bits per heavy atom. The molecule has 0 aromatic carbocycles. The van der Waals surface area contributed by atoms with Crippen molar-refractivity contribution in [1.29, 1.82) is 0 Å². The van der Waals surface area contributed by atoms with Crippen LogP contribution < -0.4 is 0 Å². The number of allylic oxidation sites excluding steroid dienone is 2. The largest absolute Gasteiger partial charge is 0.281 e. The molecule has 0 aromatic heterocycles. The van der Waals surface area contributed by atoms with Crippen LogP contribution in [0.3, 0.4) is 0 Å². The summed E-state index contributed by atoms with van der Waals surface area (Å²) in [5.41, 5.74) is -0.161. The molecule has 0 N–H and O–H groups in total. The summed E-state index contributed by atoms with van der Waals surface area (Å²) < 4.78 is 12.5. The lowest BCUT2D eigenvalue weighted by atomic mass is 10.1. The number of carbonyl (C=O) groups excluding carboxylic acids is 1. The minimum Gasteiger partial charge on any atom is -0.281 e. The highest BCUT2D eigenvalue weighted by Gasteiger charge is 2.60. The topological polar surface area (TPSA) is 17.1 Å². The lowest BCUT2D eigenvalue weighted by molar-refractivity contribution is -0.113. The lowest BCUT2D eigenvalue weighted by Gasteiger charge is -1.96. The van der Waals surface area contributed by atoms with Gasteiger partial charge in [0.2, 0.25) is 5.24 Å². The fraction of sp³-hybridized carbons (Fsp3) is 0.667. The Balaban J connectivity index is 2.73. The molecule has 1 nitrogen and oxygen atoms in total. The standard InChI is InChI=1S/C9H12ClFO/c1-5(11)4-6-7(8(10)12)9(6,2)3/h4,6-7H,1-3H3/b5-4-/t6-,7+/m1/s1. The zero-order valence-electron chi connectivity index (χ0n) is 7.40. The van der Waals surface area contributed by atoms with Crippen LogP contribution in [-0.2, 0) is 4.79 Å². The van der Waals surface area contributed by atoms with E-state index >= 15 is 0 Å². The summed E-state index contributed by atoms with van der Waals surface area (Å²) in [5, 5.41) is -0.359. The van der Waals surface area contributed by atoms with Crippen LogP contribution in [0.25, 0.3) is 0 Å². The molecule has 68 valence electrons. The van der Waals surface area contributed by atoms with Gasteiger partial charge in [0.25, 0.3) is 0 Å². The fourth-order valence-corrected chi connectivity index (χ4v) is 2.09. The molecule has 3 heteroatoms. The zero-order valence-corrected chi connectivity index (χ0v) is 8.15. The summed E-state index contributed by atoms with van der Waals surface area (Å²) in [5.74, 6) is -0.467. The third kappa shape index (κ3) is 1.53. The Labute approximate surface area is 76.6 Å². The molecule has 0 aromatic rings. The third-order valence-corrected chi connectivity index (χ3v) is 2.80. The number of halogens is 2. The van der Waals surface area contributed by atoms with Crippen molar-refractivity contribution in [3.05, 3.63) is 11.9 Å². The monoisotopic (exact) mass is 190 g/mol. The molecule has 1 aliphatic rings. The predicted molar refractivity (Wildman–Crippen MR) is 46.5 cm³/mol. The van der Waals surface area contributed by atoms with Gasteiger partial charge in [0.05, 0.1) is 5.83 Å². The molecule has 1 rings (SSSR count). The lowest BCUT2D eigenvalue weighted by Crippen LogP contribution is -1.96. The van der Waals surface area contributed by atoms with Crippen LogP contribution >= 0.6 is 11.6 Å². The van der Waals surface area contributed by atoms with Crippen LogP contribution in [0.2, 0.25) is 0 Å². The van der Waals surface area contributed by atoms with E-state index in [4.69, 9.17) is 11.6 Å². The van der Waals surface area contributed by atoms with Crippen molar-refractivity contribution in [2.75, 3.05) is 0 Å². The maximum absolute atomic E-state index is 12.5. The molecule has 0 heterocycles. The van der Waals surface area contributed by atoms with E-state index in [-0.39, 0.29) is 28.3 Å². The van der Waals surface area contributed by atoms with Crippen molar-refractivity contribution in [3.8, 4) is 0 Å². The minimum absolute atomic E-state index is 0.0208. The van der Waals surface area contributed by atoms with Crippen LogP contribution in [0.1, 0.15) is 20.8 Å². The number of hydrogen-bond donors (Lipinski definition) is 0. The van der Waals surface area contributed by atoms with Crippen molar-refractivity contribution in [3.63, 3.8) is 0 Å². The van der Waals surface area contributed by atoms with E-state index in [1.807, 2.05) is 13.8 Å². The van der Waals surface area contributed by atoms with E-state index < -0.39 is 0 Å². The third-order valence-electron chi connectivity index (χ3n) is 2.56. The van der Waals surface area contributed by atoms with E-state index in [1.165, 1.54) is 13.0 Å². The highest BCUT2D eigenvalue weighted by atomic mass is 35.5. The van der Waals surface area contributed by atoms with Crippen LogP contribution in [0.4, 0.5) is 4.39 Å². The second kappa shape index (κ2) is 2.84. The van der Waals surface area contributed by atoms with Gasteiger partial charge in [-0.25, -0.2) is 4.39 Å². The average molecular weight is 191 g/mol. The summed E-state index contributed by atoms with van der Waals surface area (Å²) in [6.45, 7) is 5.22. The van der Waals surface area contributed by atoms with E-state index in [0.717, 1.165) is 0 Å². The van der Waals surface area contributed by atoms with Gasteiger partial charge >= 0.3 is 0 Å². The molecule has 0 spiro atoms. The number of rotatable bonds is 2. The van der Waals surface area contributed by atoms with E-state index in [0.29, 0.717) is 0 Å². The van der Waals surface area contributed by atoms with E-state index in [1.54, 1.807) is 0 Å². The summed E-state index contributed by atoms with van der Waals surface area (Å²) >= 11 is 5.35. The summed E-state index contributed by atoms with van der Waals surface area (Å²) in [7, 11) is 0. The van der Waals surface area contributed by atoms with Crippen LogP contribution in [-0.4, -0.2) is 5.24 Å². The Kier molecular flexibility index (Phi) is 2.30. The molecular formula is C9H12ClFO. The van der Waals surface area contributed by atoms with Gasteiger partial charge in [0.15, 0.2) is 0 Å². The molecule has 0 radical (unpaired) electrons. The van der Waals surface area contributed by atoms with Gasteiger partial charge in [0.1, 0.15) is 0 Å². The Morgan fingerprint density at radius 3 is 2.33 bits per heavy atom. The molecule has 0 saturated heterocycles. The van der Waals surface area contributed by atoms with Crippen molar-refractivity contribution < 1.29 is 9.18 Å². The maximum Gasteiger partial charge on any atom is 0.225 e.